The normalized spacial score (nSPS) is 11.6. The topological polar surface area (TPSA) is 74.6 Å². The summed E-state index contributed by atoms with van der Waals surface area (Å²) in [5, 5.41) is 16.5. The van der Waals surface area contributed by atoms with Crippen molar-refractivity contribution in [2.45, 2.75) is 66.2 Å². The number of carboxylic acids is 2. The lowest BCUT2D eigenvalue weighted by atomic mass is 10.0. The highest BCUT2D eigenvalue weighted by Crippen LogP contribution is 2.08. The smallest absolute Gasteiger partial charge is 0.303 e. The van der Waals surface area contributed by atoms with Crippen LogP contribution in [0.15, 0.2) is 0 Å². The van der Waals surface area contributed by atoms with Crippen LogP contribution in [0.3, 0.4) is 0 Å². The van der Waals surface area contributed by atoms with E-state index in [9.17, 15) is 9.59 Å². The number of aliphatic carboxylic acids is 2. The maximum Gasteiger partial charge on any atom is 0.303 e. The van der Waals surface area contributed by atoms with Crippen LogP contribution in [0.25, 0.3) is 0 Å². The van der Waals surface area contributed by atoms with E-state index >= 15 is 0 Å². The van der Waals surface area contributed by atoms with Gasteiger partial charge in [-0.2, -0.15) is 0 Å². The third-order valence-electron chi connectivity index (χ3n) is 2.72. The van der Waals surface area contributed by atoms with E-state index < -0.39 is 11.9 Å². The molecule has 0 saturated carbocycles. The Bertz CT molecular complexity index is 224. The Morgan fingerprint density at radius 1 is 0.944 bits per heavy atom. The van der Waals surface area contributed by atoms with E-state index in [0.29, 0.717) is 24.7 Å². The third-order valence-corrected chi connectivity index (χ3v) is 2.72. The number of hydrogen-bond acceptors (Lipinski definition) is 2. The standard InChI is InChI=1S/2C7H14O2/c1-6(2)4-3-5-7(8)9;1-3-6(2)4-5-7(8)9/h2*6H,3-5H2,1-2H3,(H,8,9). The molecule has 0 fully saturated rings. The molecule has 0 rings (SSSR count). The monoisotopic (exact) mass is 260 g/mol. The SMILES string of the molecule is CC(C)CCCC(=O)O.CCC(C)CCC(=O)O. The van der Waals surface area contributed by atoms with E-state index in [2.05, 4.69) is 27.7 Å². The first kappa shape index (κ1) is 19.3. The molecule has 0 aromatic rings. The van der Waals surface area contributed by atoms with Gasteiger partial charge in [0.05, 0.1) is 0 Å². The average molecular weight is 260 g/mol. The van der Waals surface area contributed by atoms with E-state index in [1.165, 1.54) is 0 Å². The zero-order chi connectivity index (χ0) is 14.6. The van der Waals surface area contributed by atoms with Crippen LogP contribution in [0.4, 0.5) is 0 Å². The fraction of sp³-hybridized carbons (Fsp3) is 0.857. The predicted octanol–water partition coefficient (Wildman–Crippen LogP) is 3.79. The molecule has 4 nitrogen and oxygen atoms in total. The molecule has 1 atom stereocenters. The molecular formula is C14H28O4. The minimum Gasteiger partial charge on any atom is -0.481 e. The van der Waals surface area contributed by atoms with Crippen LogP contribution in [0.2, 0.25) is 0 Å². The zero-order valence-electron chi connectivity index (χ0n) is 12.1. The van der Waals surface area contributed by atoms with Gasteiger partial charge in [-0.05, 0) is 24.7 Å². The fourth-order valence-corrected chi connectivity index (χ4v) is 1.24. The van der Waals surface area contributed by atoms with Crippen LogP contribution in [-0.4, -0.2) is 22.2 Å². The Labute approximate surface area is 110 Å². The lowest BCUT2D eigenvalue weighted by Crippen LogP contribution is -1.99. The lowest BCUT2D eigenvalue weighted by molar-refractivity contribution is -0.138. The second kappa shape index (κ2) is 12.4. The minimum absolute atomic E-state index is 0.314. The van der Waals surface area contributed by atoms with Gasteiger partial charge in [-0.25, -0.2) is 0 Å². The van der Waals surface area contributed by atoms with Gasteiger partial charge in [0.1, 0.15) is 0 Å². The maximum atomic E-state index is 10.0. The molecule has 0 amide bonds. The molecule has 2 N–H and O–H groups in total. The van der Waals surface area contributed by atoms with Crippen molar-refractivity contribution in [3.8, 4) is 0 Å². The van der Waals surface area contributed by atoms with E-state index in [1.807, 2.05) is 0 Å². The van der Waals surface area contributed by atoms with Crippen LogP contribution in [0.5, 0.6) is 0 Å². The van der Waals surface area contributed by atoms with Crippen molar-refractivity contribution in [1.29, 1.82) is 0 Å². The van der Waals surface area contributed by atoms with Gasteiger partial charge < -0.3 is 10.2 Å². The van der Waals surface area contributed by atoms with Gasteiger partial charge >= 0.3 is 11.9 Å². The molecule has 0 bridgehead atoms. The largest absolute Gasteiger partial charge is 0.481 e. The summed E-state index contributed by atoms with van der Waals surface area (Å²) in [5.74, 6) is -0.184. The summed E-state index contributed by atoms with van der Waals surface area (Å²) in [6.07, 6.45) is 4.35. The van der Waals surface area contributed by atoms with Gasteiger partial charge in [0.15, 0.2) is 0 Å². The predicted molar refractivity (Wildman–Crippen MR) is 72.6 cm³/mol. The molecule has 4 heteroatoms. The van der Waals surface area contributed by atoms with Gasteiger partial charge in [-0.3, -0.25) is 9.59 Å². The molecule has 18 heavy (non-hydrogen) atoms. The summed E-state index contributed by atoms with van der Waals surface area (Å²) < 4.78 is 0. The quantitative estimate of drug-likeness (QED) is 0.696. The summed E-state index contributed by atoms with van der Waals surface area (Å²) in [5.41, 5.74) is 0. The molecular weight excluding hydrogens is 232 g/mol. The van der Waals surface area contributed by atoms with Crippen molar-refractivity contribution in [2.24, 2.45) is 11.8 Å². The van der Waals surface area contributed by atoms with Crippen molar-refractivity contribution >= 4 is 11.9 Å². The molecule has 0 aromatic carbocycles. The van der Waals surface area contributed by atoms with Crippen molar-refractivity contribution in [3.05, 3.63) is 0 Å². The van der Waals surface area contributed by atoms with Crippen LogP contribution < -0.4 is 0 Å². The van der Waals surface area contributed by atoms with Gasteiger partial charge in [0.25, 0.3) is 0 Å². The van der Waals surface area contributed by atoms with Gasteiger partial charge in [-0.1, -0.05) is 40.5 Å². The van der Waals surface area contributed by atoms with E-state index in [1.54, 1.807) is 0 Å². The number of carbonyl (C=O) groups is 2. The van der Waals surface area contributed by atoms with Crippen molar-refractivity contribution < 1.29 is 19.8 Å². The number of rotatable bonds is 8. The number of carboxylic acid groups (broad SMARTS) is 2. The van der Waals surface area contributed by atoms with Crippen LogP contribution in [-0.2, 0) is 9.59 Å². The Balaban J connectivity index is 0. The maximum absolute atomic E-state index is 10.0. The van der Waals surface area contributed by atoms with E-state index in [0.717, 1.165) is 25.7 Å². The van der Waals surface area contributed by atoms with Gasteiger partial charge in [-0.15, -0.1) is 0 Å². The summed E-state index contributed by atoms with van der Waals surface area (Å²) >= 11 is 0. The summed E-state index contributed by atoms with van der Waals surface area (Å²) in [7, 11) is 0. The first-order valence-corrected chi connectivity index (χ1v) is 6.73. The molecule has 108 valence electrons. The minimum atomic E-state index is -0.685. The summed E-state index contributed by atoms with van der Waals surface area (Å²) in [6.45, 7) is 8.35. The molecule has 0 heterocycles. The molecule has 0 aliphatic rings. The Hall–Kier alpha value is -1.06. The zero-order valence-corrected chi connectivity index (χ0v) is 12.1. The molecule has 0 aliphatic carbocycles. The van der Waals surface area contributed by atoms with Crippen LogP contribution in [0, 0.1) is 11.8 Å². The van der Waals surface area contributed by atoms with Gasteiger partial charge in [0.2, 0.25) is 0 Å². The van der Waals surface area contributed by atoms with Crippen LogP contribution >= 0.6 is 0 Å². The molecule has 0 aliphatic heterocycles. The lowest BCUT2D eigenvalue weighted by Gasteiger charge is -2.03. The first-order valence-electron chi connectivity index (χ1n) is 6.73. The van der Waals surface area contributed by atoms with Crippen molar-refractivity contribution in [1.82, 2.24) is 0 Å². The average Bonchev–Trinajstić information content (AvgIpc) is 2.25. The summed E-state index contributed by atoms with van der Waals surface area (Å²) in [4.78, 5) is 20.0. The molecule has 0 radical (unpaired) electrons. The molecule has 0 spiro atoms. The van der Waals surface area contributed by atoms with E-state index in [4.69, 9.17) is 10.2 Å². The Morgan fingerprint density at radius 2 is 1.44 bits per heavy atom. The van der Waals surface area contributed by atoms with Crippen LogP contribution in [0.1, 0.15) is 66.2 Å². The third kappa shape index (κ3) is 20.4. The second-order valence-electron chi connectivity index (χ2n) is 5.13. The van der Waals surface area contributed by atoms with E-state index in [-0.39, 0.29) is 0 Å². The highest BCUT2D eigenvalue weighted by molar-refractivity contribution is 5.66. The number of hydrogen-bond donors (Lipinski definition) is 2. The molecule has 1 unspecified atom stereocenters. The van der Waals surface area contributed by atoms with Gasteiger partial charge in [0, 0.05) is 12.8 Å². The molecule has 0 saturated heterocycles. The summed E-state index contributed by atoms with van der Waals surface area (Å²) in [6, 6.07) is 0. The van der Waals surface area contributed by atoms with Crippen molar-refractivity contribution in [2.75, 3.05) is 0 Å². The fourth-order valence-electron chi connectivity index (χ4n) is 1.24. The van der Waals surface area contributed by atoms with Crippen molar-refractivity contribution in [3.63, 3.8) is 0 Å². The molecule has 0 aromatic heterocycles. The first-order chi connectivity index (χ1) is 8.29. The highest BCUT2D eigenvalue weighted by Gasteiger charge is 2.01. The Morgan fingerprint density at radius 3 is 1.78 bits per heavy atom. The highest BCUT2D eigenvalue weighted by atomic mass is 16.4. The second-order valence-corrected chi connectivity index (χ2v) is 5.13. The Kier molecular flexibility index (Phi) is 13.3.